The van der Waals surface area contributed by atoms with Gasteiger partial charge in [-0.2, -0.15) is 5.10 Å². The Morgan fingerprint density at radius 1 is 0.964 bits per heavy atom. The van der Waals surface area contributed by atoms with E-state index in [0.717, 1.165) is 41.8 Å². The topological polar surface area (TPSA) is 69.8 Å². The molecule has 3 N–H and O–H groups in total. The lowest BCUT2D eigenvalue weighted by Gasteiger charge is -2.10. The molecule has 0 aliphatic heterocycles. The van der Waals surface area contributed by atoms with Gasteiger partial charge in [0.25, 0.3) is 5.56 Å². The van der Waals surface area contributed by atoms with E-state index in [2.05, 4.69) is 46.8 Å². The summed E-state index contributed by atoms with van der Waals surface area (Å²) in [6, 6.07) is 16.3. The van der Waals surface area contributed by atoms with Crippen LogP contribution >= 0.6 is 12.4 Å². The first-order valence-corrected chi connectivity index (χ1v) is 9.70. The maximum absolute atomic E-state index is 12.0. The lowest BCUT2D eigenvalue weighted by molar-refractivity contribution is 0.552. The summed E-state index contributed by atoms with van der Waals surface area (Å²) < 4.78 is 0. The summed E-state index contributed by atoms with van der Waals surface area (Å²) in [5, 5.41) is 15.4. The zero-order valence-corrected chi connectivity index (χ0v) is 17.3. The summed E-state index contributed by atoms with van der Waals surface area (Å²) in [4.78, 5) is 12.0. The molecule has 0 saturated carbocycles. The molecular weight excluding hydrogens is 372 g/mol. The van der Waals surface area contributed by atoms with Crippen LogP contribution in [-0.4, -0.2) is 29.3 Å². The van der Waals surface area contributed by atoms with Gasteiger partial charge in [0.15, 0.2) is 0 Å². The normalized spacial score (nSPS) is 10.8. The maximum Gasteiger partial charge on any atom is 0.272 e. The maximum atomic E-state index is 12.0. The second-order valence-electron chi connectivity index (χ2n) is 7.12. The van der Waals surface area contributed by atoms with E-state index in [4.69, 9.17) is 0 Å². The van der Waals surface area contributed by atoms with Crippen molar-refractivity contribution in [3.63, 3.8) is 0 Å². The van der Waals surface area contributed by atoms with Crippen LogP contribution in [0.3, 0.4) is 0 Å². The molecule has 150 valence electrons. The first-order valence-electron chi connectivity index (χ1n) is 9.70. The molecule has 0 bridgehead atoms. The molecule has 0 radical (unpaired) electrons. The molecule has 1 aromatic heterocycles. The molecule has 28 heavy (non-hydrogen) atoms. The third-order valence-corrected chi connectivity index (χ3v) is 4.57. The van der Waals surface area contributed by atoms with Crippen molar-refractivity contribution < 1.29 is 0 Å². The van der Waals surface area contributed by atoms with Crippen molar-refractivity contribution in [2.45, 2.75) is 39.2 Å². The highest BCUT2D eigenvalue weighted by Gasteiger charge is 2.08. The molecule has 0 saturated heterocycles. The second-order valence-corrected chi connectivity index (χ2v) is 7.12. The molecule has 5 nitrogen and oxygen atoms in total. The van der Waals surface area contributed by atoms with E-state index >= 15 is 0 Å². The SMILES string of the molecule is CC(C)NCCCCCNc1cccc(-c2n[nH]c(=O)c3ccccc23)c1.Cl. The van der Waals surface area contributed by atoms with Crippen LogP contribution in [0.4, 0.5) is 5.69 Å². The molecule has 0 amide bonds. The molecule has 0 unspecified atom stereocenters. The van der Waals surface area contributed by atoms with Crippen molar-refractivity contribution in [3.8, 4) is 11.3 Å². The number of rotatable bonds is 9. The van der Waals surface area contributed by atoms with Gasteiger partial charge in [-0.3, -0.25) is 4.79 Å². The van der Waals surface area contributed by atoms with E-state index in [-0.39, 0.29) is 18.0 Å². The first-order chi connectivity index (χ1) is 13.1. The van der Waals surface area contributed by atoms with Crippen molar-refractivity contribution in [3.05, 3.63) is 58.9 Å². The average Bonchev–Trinajstić information content (AvgIpc) is 2.68. The van der Waals surface area contributed by atoms with Crippen molar-refractivity contribution in [2.75, 3.05) is 18.4 Å². The minimum absolute atomic E-state index is 0. The summed E-state index contributed by atoms with van der Waals surface area (Å²) in [7, 11) is 0. The number of fused-ring (bicyclic) bond motifs is 1. The highest BCUT2D eigenvalue weighted by Crippen LogP contribution is 2.26. The highest BCUT2D eigenvalue weighted by molar-refractivity contribution is 5.94. The molecule has 0 aliphatic carbocycles. The van der Waals surface area contributed by atoms with Crippen LogP contribution in [0.25, 0.3) is 22.0 Å². The van der Waals surface area contributed by atoms with Crippen LogP contribution < -0.4 is 16.2 Å². The molecule has 1 heterocycles. The molecule has 0 spiro atoms. The van der Waals surface area contributed by atoms with Crippen LogP contribution in [-0.2, 0) is 0 Å². The number of H-pyrrole nitrogens is 1. The predicted octanol–water partition coefficient (Wildman–Crippen LogP) is 4.59. The van der Waals surface area contributed by atoms with Gasteiger partial charge in [-0.1, -0.05) is 50.6 Å². The monoisotopic (exact) mass is 400 g/mol. The van der Waals surface area contributed by atoms with Gasteiger partial charge in [-0.05, 0) is 37.6 Å². The third-order valence-electron chi connectivity index (χ3n) is 4.57. The molecule has 0 atom stereocenters. The molecule has 0 fully saturated rings. The van der Waals surface area contributed by atoms with E-state index in [9.17, 15) is 4.79 Å². The fourth-order valence-corrected chi connectivity index (χ4v) is 3.16. The van der Waals surface area contributed by atoms with Crippen LogP contribution in [0.2, 0.25) is 0 Å². The lowest BCUT2D eigenvalue weighted by Crippen LogP contribution is -2.23. The first kappa shape index (κ1) is 21.9. The van der Waals surface area contributed by atoms with Crippen LogP contribution in [0.5, 0.6) is 0 Å². The summed E-state index contributed by atoms with van der Waals surface area (Å²) >= 11 is 0. The largest absolute Gasteiger partial charge is 0.385 e. The fourth-order valence-electron chi connectivity index (χ4n) is 3.16. The number of unbranched alkanes of at least 4 members (excludes halogenated alkanes) is 2. The molecule has 6 heteroatoms. The lowest BCUT2D eigenvalue weighted by atomic mass is 10.0. The summed E-state index contributed by atoms with van der Waals surface area (Å²) in [6.07, 6.45) is 3.55. The minimum Gasteiger partial charge on any atom is -0.385 e. The quantitative estimate of drug-likeness (QED) is 0.459. The Morgan fingerprint density at radius 2 is 1.71 bits per heavy atom. The van der Waals surface area contributed by atoms with Gasteiger partial charge in [0, 0.05) is 29.2 Å². The molecule has 2 aromatic carbocycles. The Bertz CT molecular complexity index is 939. The van der Waals surface area contributed by atoms with Gasteiger partial charge in [-0.25, -0.2) is 5.10 Å². The molecule has 3 rings (SSSR count). The van der Waals surface area contributed by atoms with E-state index in [1.54, 1.807) is 0 Å². The summed E-state index contributed by atoms with van der Waals surface area (Å²) in [6.45, 7) is 6.38. The van der Waals surface area contributed by atoms with Crippen LogP contribution in [0.15, 0.2) is 53.3 Å². The molecule has 3 aromatic rings. The summed E-state index contributed by atoms with van der Waals surface area (Å²) in [5.41, 5.74) is 2.71. The van der Waals surface area contributed by atoms with Crippen LogP contribution in [0, 0.1) is 0 Å². The number of aromatic nitrogens is 2. The zero-order valence-electron chi connectivity index (χ0n) is 16.5. The number of nitrogens with zero attached hydrogens (tertiary/aromatic N) is 1. The number of hydrogen-bond donors (Lipinski definition) is 3. The van der Waals surface area contributed by atoms with E-state index < -0.39 is 0 Å². The average molecular weight is 401 g/mol. The Kier molecular flexibility index (Phi) is 8.48. The van der Waals surface area contributed by atoms with E-state index in [1.165, 1.54) is 12.8 Å². The van der Waals surface area contributed by atoms with Gasteiger partial charge in [0.1, 0.15) is 0 Å². The van der Waals surface area contributed by atoms with Gasteiger partial charge in [0.2, 0.25) is 0 Å². The zero-order chi connectivity index (χ0) is 19.1. The van der Waals surface area contributed by atoms with Gasteiger partial charge >= 0.3 is 0 Å². The number of hydrogen-bond acceptors (Lipinski definition) is 4. The fraction of sp³-hybridized carbons (Fsp3) is 0.364. The third kappa shape index (κ3) is 5.81. The number of benzene rings is 2. The van der Waals surface area contributed by atoms with Gasteiger partial charge in [0.05, 0.1) is 11.1 Å². The standard InChI is InChI=1S/C22H28N4O.ClH/c1-16(2)23-13-6-3-7-14-24-18-10-8-9-17(15-18)21-19-11-4-5-12-20(19)22(27)26-25-21;/h4-5,8-12,15-16,23-24H,3,6-7,13-14H2,1-2H3,(H,26,27);1H. The van der Waals surface area contributed by atoms with Crippen molar-refractivity contribution in [2.24, 2.45) is 0 Å². The molecule has 0 aliphatic rings. The van der Waals surface area contributed by atoms with E-state index in [1.807, 2.05) is 36.4 Å². The highest BCUT2D eigenvalue weighted by atomic mass is 35.5. The Hall–Kier alpha value is -2.37. The summed E-state index contributed by atoms with van der Waals surface area (Å²) in [5.74, 6) is 0. The van der Waals surface area contributed by atoms with Gasteiger partial charge < -0.3 is 10.6 Å². The smallest absolute Gasteiger partial charge is 0.272 e. The predicted molar refractivity (Wildman–Crippen MR) is 121 cm³/mol. The number of aromatic amines is 1. The Labute approximate surface area is 172 Å². The van der Waals surface area contributed by atoms with E-state index in [0.29, 0.717) is 11.4 Å². The minimum atomic E-state index is -0.157. The number of nitrogens with one attached hydrogen (secondary N) is 3. The van der Waals surface area contributed by atoms with Crippen molar-refractivity contribution in [1.82, 2.24) is 15.5 Å². The van der Waals surface area contributed by atoms with Crippen molar-refractivity contribution in [1.29, 1.82) is 0 Å². The van der Waals surface area contributed by atoms with Gasteiger partial charge in [-0.15, -0.1) is 12.4 Å². The second kappa shape index (κ2) is 10.8. The number of halogens is 1. The van der Waals surface area contributed by atoms with Crippen LogP contribution in [0.1, 0.15) is 33.1 Å². The Morgan fingerprint density at radius 3 is 2.50 bits per heavy atom. The Balaban J connectivity index is 0.00000280. The van der Waals surface area contributed by atoms with Crippen molar-refractivity contribution >= 4 is 28.9 Å². The molecular formula is C22H29ClN4O. The number of anilines is 1.